The van der Waals surface area contributed by atoms with Crippen LogP contribution >= 0.6 is 0 Å². The van der Waals surface area contributed by atoms with Crippen molar-refractivity contribution >= 4 is 0 Å². The molecule has 1 aliphatic carbocycles. The van der Waals surface area contributed by atoms with Gasteiger partial charge in [0.05, 0.1) is 0 Å². The molecule has 0 amide bonds. The standard InChI is InChI=1S/C9H18N2/c10-11-7-3-5-8-4-1-2-6-9(8)11/h8-9H,1-7,10H2. The van der Waals surface area contributed by atoms with Crippen LogP contribution in [0.3, 0.4) is 0 Å². The quantitative estimate of drug-likeness (QED) is 0.536. The summed E-state index contributed by atoms with van der Waals surface area (Å²) in [7, 11) is 0. The molecular formula is C9H18N2. The maximum atomic E-state index is 5.92. The highest BCUT2D eigenvalue weighted by atomic mass is 15.4. The fourth-order valence-corrected chi connectivity index (χ4v) is 2.66. The first kappa shape index (κ1) is 7.56. The Morgan fingerprint density at radius 3 is 2.55 bits per heavy atom. The summed E-state index contributed by atoms with van der Waals surface area (Å²) in [4.78, 5) is 0. The Balaban J connectivity index is 1.99. The van der Waals surface area contributed by atoms with Crippen molar-refractivity contribution in [2.75, 3.05) is 6.54 Å². The van der Waals surface area contributed by atoms with Crippen LogP contribution in [0.25, 0.3) is 0 Å². The highest BCUT2D eigenvalue weighted by Crippen LogP contribution is 2.33. The summed E-state index contributed by atoms with van der Waals surface area (Å²) in [6.45, 7) is 1.13. The smallest absolute Gasteiger partial charge is 0.0269 e. The van der Waals surface area contributed by atoms with E-state index in [4.69, 9.17) is 5.84 Å². The van der Waals surface area contributed by atoms with Gasteiger partial charge >= 0.3 is 0 Å². The van der Waals surface area contributed by atoms with Crippen LogP contribution in [-0.2, 0) is 0 Å². The first-order valence-electron chi connectivity index (χ1n) is 4.89. The third kappa shape index (κ3) is 1.42. The zero-order chi connectivity index (χ0) is 7.68. The van der Waals surface area contributed by atoms with Gasteiger partial charge in [-0.2, -0.15) is 0 Å². The van der Waals surface area contributed by atoms with Gasteiger partial charge in [0.2, 0.25) is 0 Å². The van der Waals surface area contributed by atoms with Crippen LogP contribution in [0.1, 0.15) is 38.5 Å². The van der Waals surface area contributed by atoms with Crippen LogP contribution < -0.4 is 5.84 Å². The second kappa shape index (κ2) is 3.11. The Morgan fingerprint density at radius 2 is 1.73 bits per heavy atom. The summed E-state index contributed by atoms with van der Waals surface area (Å²) in [6, 6.07) is 0.734. The fraction of sp³-hybridized carbons (Fsp3) is 1.00. The minimum absolute atomic E-state index is 0.734. The molecule has 1 saturated heterocycles. The first-order chi connectivity index (χ1) is 5.38. The summed E-state index contributed by atoms with van der Waals surface area (Å²) in [5.41, 5.74) is 0. The third-order valence-electron chi connectivity index (χ3n) is 3.29. The summed E-state index contributed by atoms with van der Waals surface area (Å²) in [5, 5.41) is 2.09. The maximum absolute atomic E-state index is 5.92. The molecule has 2 fully saturated rings. The van der Waals surface area contributed by atoms with Gasteiger partial charge in [-0.1, -0.05) is 12.8 Å². The van der Waals surface area contributed by atoms with Crippen molar-refractivity contribution in [3.05, 3.63) is 0 Å². The molecule has 0 bridgehead atoms. The summed E-state index contributed by atoms with van der Waals surface area (Å²) in [5.74, 6) is 6.86. The van der Waals surface area contributed by atoms with E-state index in [1.807, 2.05) is 0 Å². The summed E-state index contributed by atoms with van der Waals surface area (Å²) < 4.78 is 0. The van der Waals surface area contributed by atoms with Crippen LogP contribution in [0.15, 0.2) is 0 Å². The van der Waals surface area contributed by atoms with E-state index in [-0.39, 0.29) is 0 Å². The van der Waals surface area contributed by atoms with Crippen molar-refractivity contribution in [2.24, 2.45) is 11.8 Å². The van der Waals surface area contributed by atoms with Crippen molar-refractivity contribution in [1.82, 2.24) is 5.01 Å². The van der Waals surface area contributed by atoms with Gasteiger partial charge in [-0.25, -0.2) is 5.01 Å². The van der Waals surface area contributed by atoms with Crippen LogP contribution in [-0.4, -0.2) is 17.6 Å². The van der Waals surface area contributed by atoms with Gasteiger partial charge in [-0.05, 0) is 31.6 Å². The van der Waals surface area contributed by atoms with Crippen LogP contribution in [0.5, 0.6) is 0 Å². The number of hydrazine groups is 1. The SMILES string of the molecule is NN1CCCC2CCCCC21. The minimum atomic E-state index is 0.734. The molecule has 2 atom stereocenters. The number of hydrogen-bond donors (Lipinski definition) is 1. The molecule has 64 valence electrons. The van der Waals surface area contributed by atoms with E-state index >= 15 is 0 Å². The van der Waals surface area contributed by atoms with E-state index in [0.717, 1.165) is 18.5 Å². The molecule has 2 heteroatoms. The first-order valence-corrected chi connectivity index (χ1v) is 4.89. The lowest BCUT2D eigenvalue weighted by Gasteiger charge is -2.41. The third-order valence-corrected chi connectivity index (χ3v) is 3.29. The van der Waals surface area contributed by atoms with Crippen LogP contribution in [0.2, 0.25) is 0 Å². The Kier molecular flexibility index (Phi) is 2.14. The largest absolute Gasteiger partial charge is 0.269 e. The molecule has 2 unspecified atom stereocenters. The molecule has 0 radical (unpaired) electrons. The molecule has 2 nitrogen and oxygen atoms in total. The predicted octanol–water partition coefficient (Wildman–Crippen LogP) is 1.51. The lowest BCUT2D eigenvalue weighted by atomic mass is 9.79. The number of hydrogen-bond acceptors (Lipinski definition) is 2. The van der Waals surface area contributed by atoms with Crippen molar-refractivity contribution in [2.45, 2.75) is 44.6 Å². The zero-order valence-corrected chi connectivity index (χ0v) is 7.13. The molecule has 2 aliphatic rings. The van der Waals surface area contributed by atoms with Crippen LogP contribution in [0, 0.1) is 5.92 Å². The van der Waals surface area contributed by atoms with Crippen molar-refractivity contribution < 1.29 is 0 Å². The summed E-state index contributed by atoms with van der Waals surface area (Å²) >= 11 is 0. The molecule has 1 heterocycles. The molecular weight excluding hydrogens is 136 g/mol. The topological polar surface area (TPSA) is 29.3 Å². The van der Waals surface area contributed by atoms with Gasteiger partial charge in [0.15, 0.2) is 0 Å². The number of nitrogens with zero attached hydrogens (tertiary/aromatic N) is 1. The van der Waals surface area contributed by atoms with Gasteiger partial charge in [-0.15, -0.1) is 0 Å². The van der Waals surface area contributed by atoms with Gasteiger partial charge in [-0.3, -0.25) is 5.84 Å². The average Bonchev–Trinajstić information content (AvgIpc) is 2.06. The van der Waals surface area contributed by atoms with E-state index in [1.54, 1.807) is 0 Å². The zero-order valence-electron chi connectivity index (χ0n) is 7.13. The Labute approximate surface area is 68.7 Å². The normalized spacial score (nSPS) is 40.1. The van der Waals surface area contributed by atoms with E-state index in [2.05, 4.69) is 5.01 Å². The minimum Gasteiger partial charge on any atom is -0.269 e. The number of piperidine rings is 1. The molecule has 0 aromatic heterocycles. The fourth-order valence-electron chi connectivity index (χ4n) is 2.66. The molecule has 0 aromatic rings. The van der Waals surface area contributed by atoms with E-state index in [1.165, 1.54) is 38.5 Å². The Bertz CT molecular complexity index is 134. The van der Waals surface area contributed by atoms with E-state index < -0.39 is 0 Å². The van der Waals surface area contributed by atoms with Crippen molar-refractivity contribution in [3.8, 4) is 0 Å². The molecule has 0 aromatic carbocycles. The number of nitrogens with two attached hydrogens (primary N) is 1. The second-order valence-electron chi connectivity index (χ2n) is 3.99. The monoisotopic (exact) mass is 154 g/mol. The van der Waals surface area contributed by atoms with Crippen LogP contribution in [0.4, 0.5) is 0 Å². The molecule has 0 spiro atoms. The highest BCUT2D eigenvalue weighted by Gasteiger charge is 2.31. The molecule has 11 heavy (non-hydrogen) atoms. The van der Waals surface area contributed by atoms with Gasteiger partial charge in [0, 0.05) is 12.6 Å². The van der Waals surface area contributed by atoms with E-state index in [0.29, 0.717) is 0 Å². The second-order valence-corrected chi connectivity index (χ2v) is 3.99. The number of rotatable bonds is 0. The number of fused-ring (bicyclic) bond motifs is 1. The lowest BCUT2D eigenvalue weighted by molar-refractivity contribution is 0.0612. The molecule has 1 aliphatic heterocycles. The van der Waals surface area contributed by atoms with Crippen molar-refractivity contribution in [1.29, 1.82) is 0 Å². The van der Waals surface area contributed by atoms with Gasteiger partial charge in [0.1, 0.15) is 0 Å². The van der Waals surface area contributed by atoms with Gasteiger partial charge in [0.25, 0.3) is 0 Å². The summed E-state index contributed by atoms with van der Waals surface area (Å²) in [6.07, 6.45) is 8.36. The van der Waals surface area contributed by atoms with Crippen molar-refractivity contribution in [3.63, 3.8) is 0 Å². The predicted molar refractivity (Wildman–Crippen MR) is 45.9 cm³/mol. The lowest BCUT2D eigenvalue weighted by Crippen LogP contribution is -2.50. The Hall–Kier alpha value is -0.0800. The average molecular weight is 154 g/mol. The van der Waals surface area contributed by atoms with Gasteiger partial charge < -0.3 is 0 Å². The molecule has 2 rings (SSSR count). The molecule has 1 saturated carbocycles. The Morgan fingerprint density at radius 1 is 1.00 bits per heavy atom. The maximum Gasteiger partial charge on any atom is 0.0269 e. The van der Waals surface area contributed by atoms with E-state index in [9.17, 15) is 0 Å². The highest BCUT2D eigenvalue weighted by molar-refractivity contribution is 4.84. The molecule has 2 N–H and O–H groups in total.